The molecule has 21 heavy (non-hydrogen) atoms. The zero-order chi connectivity index (χ0) is 15.5. The molecule has 1 unspecified atom stereocenters. The SMILES string of the molecule is COc1ccc(NC(C)c2ccccn2)c(C(F)(F)F)c1. The lowest BCUT2D eigenvalue weighted by atomic mass is 10.1. The van der Waals surface area contributed by atoms with Crippen LogP contribution in [-0.2, 0) is 6.18 Å². The van der Waals surface area contributed by atoms with Crippen molar-refractivity contribution in [3.05, 3.63) is 53.9 Å². The zero-order valence-corrected chi connectivity index (χ0v) is 11.6. The number of aromatic nitrogens is 1. The first-order chi connectivity index (χ1) is 9.91. The van der Waals surface area contributed by atoms with Gasteiger partial charge in [0.05, 0.1) is 24.4 Å². The van der Waals surface area contributed by atoms with Crippen molar-refractivity contribution < 1.29 is 17.9 Å². The van der Waals surface area contributed by atoms with Crippen molar-refractivity contribution in [1.29, 1.82) is 0 Å². The average molecular weight is 296 g/mol. The minimum atomic E-state index is -4.46. The molecule has 3 nitrogen and oxygen atoms in total. The standard InChI is InChI=1S/C15H15F3N2O/c1-10(13-5-3-4-8-19-13)20-14-7-6-11(21-2)9-12(14)15(16,17)18/h3-10,20H,1-2H3. The monoisotopic (exact) mass is 296 g/mol. The van der Waals surface area contributed by atoms with Gasteiger partial charge in [-0.05, 0) is 37.3 Å². The summed E-state index contributed by atoms with van der Waals surface area (Å²) >= 11 is 0. The maximum absolute atomic E-state index is 13.1. The van der Waals surface area contributed by atoms with Crippen LogP contribution >= 0.6 is 0 Å². The molecule has 1 heterocycles. The first-order valence-corrected chi connectivity index (χ1v) is 6.34. The van der Waals surface area contributed by atoms with Gasteiger partial charge < -0.3 is 10.1 Å². The van der Waals surface area contributed by atoms with Gasteiger partial charge in [0, 0.05) is 11.9 Å². The van der Waals surface area contributed by atoms with Crippen LogP contribution in [0.4, 0.5) is 18.9 Å². The van der Waals surface area contributed by atoms with Crippen LogP contribution in [0.15, 0.2) is 42.6 Å². The van der Waals surface area contributed by atoms with Crippen LogP contribution in [0.1, 0.15) is 24.2 Å². The van der Waals surface area contributed by atoms with Gasteiger partial charge in [-0.2, -0.15) is 13.2 Å². The van der Waals surface area contributed by atoms with E-state index in [0.29, 0.717) is 5.69 Å². The van der Waals surface area contributed by atoms with Crippen molar-refractivity contribution >= 4 is 5.69 Å². The number of anilines is 1. The van der Waals surface area contributed by atoms with E-state index in [1.54, 1.807) is 31.3 Å². The molecule has 0 aliphatic heterocycles. The first-order valence-electron chi connectivity index (χ1n) is 6.34. The van der Waals surface area contributed by atoms with E-state index >= 15 is 0 Å². The lowest BCUT2D eigenvalue weighted by Crippen LogP contribution is -2.14. The highest BCUT2D eigenvalue weighted by Crippen LogP contribution is 2.38. The molecule has 1 aromatic carbocycles. The molecule has 6 heteroatoms. The van der Waals surface area contributed by atoms with E-state index in [1.807, 2.05) is 0 Å². The predicted molar refractivity (Wildman–Crippen MR) is 74.3 cm³/mol. The zero-order valence-electron chi connectivity index (χ0n) is 11.6. The van der Waals surface area contributed by atoms with Gasteiger partial charge >= 0.3 is 6.18 Å². The Labute approximate surface area is 120 Å². The third-order valence-corrected chi connectivity index (χ3v) is 3.04. The Morgan fingerprint density at radius 2 is 1.95 bits per heavy atom. The van der Waals surface area contributed by atoms with Crippen LogP contribution in [0, 0.1) is 0 Å². The molecule has 0 amide bonds. The molecular weight excluding hydrogens is 281 g/mol. The third kappa shape index (κ3) is 3.65. The molecular formula is C15H15F3N2O. The molecule has 0 saturated heterocycles. The van der Waals surface area contributed by atoms with E-state index in [9.17, 15) is 13.2 Å². The Balaban J connectivity index is 2.31. The molecule has 1 aromatic heterocycles. The Bertz CT molecular complexity index is 600. The van der Waals surface area contributed by atoms with Gasteiger partial charge in [0.25, 0.3) is 0 Å². The number of pyridine rings is 1. The number of methoxy groups -OCH3 is 1. The maximum atomic E-state index is 13.1. The maximum Gasteiger partial charge on any atom is 0.418 e. The highest BCUT2D eigenvalue weighted by molar-refractivity contribution is 5.56. The second-order valence-electron chi connectivity index (χ2n) is 4.53. The largest absolute Gasteiger partial charge is 0.497 e. The fraction of sp³-hybridized carbons (Fsp3) is 0.267. The summed E-state index contributed by atoms with van der Waals surface area (Å²) in [5, 5.41) is 2.85. The molecule has 112 valence electrons. The Morgan fingerprint density at radius 1 is 1.19 bits per heavy atom. The summed E-state index contributed by atoms with van der Waals surface area (Å²) in [5.41, 5.74) is -0.0903. The molecule has 0 saturated carbocycles. The third-order valence-electron chi connectivity index (χ3n) is 3.04. The fourth-order valence-corrected chi connectivity index (χ4v) is 1.95. The smallest absolute Gasteiger partial charge is 0.418 e. The van der Waals surface area contributed by atoms with Gasteiger partial charge in [0.2, 0.25) is 0 Å². The summed E-state index contributed by atoms with van der Waals surface area (Å²) in [6, 6.07) is 8.79. The van der Waals surface area contributed by atoms with Gasteiger partial charge in [-0.15, -0.1) is 0 Å². The Hall–Kier alpha value is -2.24. The number of rotatable bonds is 4. The van der Waals surface area contributed by atoms with Gasteiger partial charge in [0.1, 0.15) is 5.75 Å². The van der Waals surface area contributed by atoms with Crippen molar-refractivity contribution in [1.82, 2.24) is 4.98 Å². The summed E-state index contributed by atoms with van der Waals surface area (Å²) in [7, 11) is 1.33. The number of hydrogen-bond donors (Lipinski definition) is 1. The molecule has 2 aromatic rings. The lowest BCUT2D eigenvalue weighted by Gasteiger charge is -2.19. The van der Waals surface area contributed by atoms with Crippen molar-refractivity contribution in [2.45, 2.75) is 19.1 Å². The highest BCUT2D eigenvalue weighted by atomic mass is 19.4. The molecule has 0 aliphatic carbocycles. The molecule has 0 fully saturated rings. The molecule has 0 radical (unpaired) electrons. The fourth-order valence-electron chi connectivity index (χ4n) is 1.95. The van der Waals surface area contributed by atoms with E-state index in [0.717, 1.165) is 6.07 Å². The lowest BCUT2D eigenvalue weighted by molar-refractivity contribution is -0.137. The quantitative estimate of drug-likeness (QED) is 0.914. The van der Waals surface area contributed by atoms with E-state index in [1.165, 1.54) is 19.2 Å². The van der Waals surface area contributed by atoms with Crippen LogP contribution < -0.4 is 10.1 Å². The number of halogens is 3. The van der Waals surface area contributed by atoms with E-state index in [-0.39, 0.29) is 17.5 Å². The minimum Gasteiger partial charge on any atom is -0.497 e. The predicted octanol–water partition coefficient (Wildman–Crippen LogP) is 4.28. The number of benzene rings is 1. The highest BCUT2D eigenvalue weighted by Gasteiger charge is 2.34. The first kappa shape index (κ1) is 15.2. The van der Waals surface area contributed by atoms with Crippen molar-refractivity contribution in [3.63, 3.8) is 0 Å². The van der Waals surface area contributed by atoms with Gasteiger partial charge in [-0.25, -0.2) is 0 Å². The topological polar surface area (TPSA) is 34.1 Å². The van der Waals surface area contributed by atoms with Gasteiger partial charge in [-0.3, -0.25) is 4.98 Å². The van der Waals surface area contributed by atoms with Crippen molar-refractivity contribution in [3.8, 4) is 5.75 Å². The van der Waals surface area contributed by atoms with Crippen molar-refractivity contribution in [2.24, 2.45) is 0 Å². The van der Waals surface area contributed by atoms with Crippen molar-refractivity contribution in [2.75, 3.05) is 12.4 Å². The molecule has 0 bridgehead atoms. The van der Waals surface area contributed by atoms with Gasteiger partial charge in [-0.1, -0.05) is 6.07 Å². The summed E-state index contributed by atoms with van der Waals surface area (Å²) in [6.45, 7) is 1.76. The second kappa shape index (κ2) is 6.03. The normalized spacial score (nSPS) is 12.8. The minimum absolute atomic E-state index is 0.00135. The molecule has 2 rings (SSSR count). The average Bonchev–Trinajstić information content (AvgIpc) is 2.47. The van der Waals surface area contributed by atoms with Gasteiger partial charge in [0.15, 0.2) is 0 Å². The summed E-state index contributed by atoms with van der Waals surface area (Å²) in [4.78, 5) is 4.13. The Kier molecular flexibility index (Phi) is 4.35. The second-order valence-corrected chi connectivity index (χ2v) is 4.53. The molecule has 1 N–H and O–H groups in total. The van der Waals surface area contributed by atoms with E-state index in [2.05, 4.69) is 10.3 Å². The van der Waals surface area contributed by atoms with E-state index in [4.69, 9.17) is 4.74 Å². The number of nitrogens with one attached hydrogen (secondary N) is 1. The van der Waals surface area contributed by atoms with Crippen LogP contribution in [0.3, 0.4) is 0 Å². The summed E-state index contributed by atoms with van der Waals surface area (Å²) in [6.07, 6.45) is -2.85. The summed E-state index contributed by atoms with van der Waals surface area (Å²) in [5.74, 6) is 0.165. The molecule has 0 aliphatic rings. The summed E-state index contributed by atoms with van der Waals surface area (Å²) < 4.78 is 44.2. The van der Waals surface area contributed by atoms with Crippen LogP contribution in [-0.4, -0.2) is 12.1 Å². The molecule has 0 spiro atoms. The number of hydrogen-bond acceptors (Lipinski definition) is 3. The number of ether oxygens (including phenoxy) is 1. The molecule has 1 atom stereocenters. The van der Waals surface area contributed by atoms with Crippen LogP contribution in [0.5, 0.6) is 5.75 Å². The van der Waals surface area contributed by atoms with Crippen LogP contribution in [0.2, 0.25) is 0 Å². The number of nitrogens with zero attached hydrogens (tertiary/aromatic N) is 1. The Morgan fingerprint density at radius 3 is 2.52 bits per heavy atom. The van der Waals surface area contributed by atoms with Crippen LogP contribution in [0.25, 0.3) is 0 Å². The number of alkyl halides is 3. The van der Waals surface area contributed by atoms with E-state index < -0.39 is 11.7 Å².